The van der Waals surface area contributed by atoms with Crippen LogP contribution in [0.4, 0.5) is 14.5 Å². The normalized spacial score (nSPS) is 20.2. The minimum absolute atomic E-state index is 0.0435. The van der Waals surface area contributed by atoms with Crippen LogP contribution < -0.4 is 10.6 Å². The molecule has 1 saturated heterocycles. The van der Waals surface area contributed by atoms with Crippen molar-refractivity contribution in [2.45, 2.75) is 18.1 Å². The monoisotopic (exact) mass is 318 g/mol. The Bertz CT molecular complexity index is 638. The van der Waals surface area contributed by atoms with E-state index in [0.717, 1.165) is 12.1 Å². The summed E-state index contributed by atoms with van der Waals surface area (Å²) >= 11 is 0. The smallest absolute Gasteiger partial charge is 0.251 e. The topological polar surface area (TPSA) is 75.3 Å². The van der Waals surface area contributed by atoms with Crippen LogP contribution in [0.2, 0.25) is 0 Å². The summed E-state index contributed by atoms with van der Waals surface area (Å²) in [7, 11) is -1.80. The first-order valence-electron chi connectivity index (χ1n) is 6.51. The van der Waals surface area contributed by atoms with E-state index in [-0.39, 0.29) is 23.5 Å². The largest absolute Gasteiger partial charge is 0.383 e. The van der Waals surface area contributed by atoms with Crippen LogP contribution in [0.1, 0.15) is 23.2 Å². The summed E-state index contributed by atoms with van der Waals surface area (Å²) in [5, 5.41) is 4.15. The third-order valence-corrected chi connectivity index (χ3v) is 5.78. The van der Waals surface area contributed by atoms with Gasteiger partial charge in [0, 0.05) is 19.2 Å². The molecular weight excluding hydrogens is 302 g/mol. The maximum Gasteiger partial charge on any atom is 0.251 e. The molecule has 1 aliphatic heterocycles. The Morgan fingerprint density at radius 1 is 1.33 bits per heavy atom. The molecule has 5 nitrogen and oxygen atoms in total. The average molecular weight is 318 g/mol. The van der Waals surface area contributed by atoms with Crippen molar-refractivity contribution in [1.82, 2.24) is 5.32 Å². The highest BCUT2D eigenvalue weighted by Crippen LogP contribution is 2.21. The molecule has 0 spiro atoms. The van der Waals surface area contributed by atoms with Gasteiger partial charge in [0.15, 0.2) is 9.84 Å². The Morgan fingerprint density at radius 2 is 1.95 bits per heavy atom. The van der Waals surface area contributed by atoms with Crippen LogP contribution in [0.5, 0.6) is 0 Å². The first-order valence-corrected chi connectivity index (χ1v) is 8.23. The maximum atomic E-state index is 13.6. The zero-order valence-corrected chi connectivity index (χ0v) is 12.3. The molecule has 0 radical (unpaired) electrons. The number of carbonyl (C=O) groups excluding carboxylic acids is 1. The fourth-order valence-corrected chi connectivity index (χ4v) is 4.10. The molecule has 1 atom stereocenters. The van der Waals surface area contributed by atoms with Gasteiger partial charge in [-0.2, -0.15) is 0 Å². The lowest BCUT2D eigenvalue weighted by atomic mass is 10.1. The van der Waals surface area contributed by atoms with E-state index in [2.05, 4.69) is 10.6 Å². The lowest BCUT2D eigenvalue weighted by Crippen LogP contribution is -2.34. The fraction of sp³-hybridized carbons (Fsp3) is 0.462. The van der Waals surface area contributed by atoms with Gasteiger partial charge in [-0.1, -0.05) is 0 Å². The lowest BCUT2D eigenvalue weighted by Gasteiger charge is -2.12. The zero-order valence-electron chi connectivity index (χ0n) is 11.4. The van der Waals surface area contributed by atoms with Gasteiger partial charge in [0.1, 0.15) is 17.3 Å². The minimum atomic E-state index is -3.16. The lowest BCUT2D eigenvalue weighted by molar-refractivity contribution is 0.0952. The van der Waals surface area contributed by atoms with E-state index in [1.807, 2.05) is 0 Å². The highest BCUT2D eigenvalue weighted by molar-refractivity contribution is 7.92. The molecule has 0 saturated carbocycles. The molecule has 1 unspecified atom stereocenters. The third kappa shape index (κ3) is 3.31. The van der Waals surface area contributed by atoms with Gasteiger partial charge < -0.3 is 10.6 Å². The Kier molecular flexibility index (Phi) is 4.46. The van der Waals surface area contributed by atoms with Gasteiger partial charge in [-0.25, -0.2) is 17.2 Å². The molecular formula is C13H16F2N2O3S. The molecule has 0 aliphatic carbocycles. The van der Waals surface area contributed by atoms with E-state index in [4.69, 9.17) is 0 Å². The van der Waals surface area contributed by atoms with E-state index in [9.17, 15) is 22.0 Å². The third-order valence-electron chi connectivity index (χ3n) is 3.51. The molecule has 1 aliphatic rings. The van der Waals surface area contributed by atoms with Crippen LogP contribution in [0.15, 0.2) is 12.1 Å². The summed E-state index contributed by atoms with van der Waals surface area (Å²) in [4.78, 5) is 11.9. The average Bonchev–Trinajstić information content (AvgIpc) is 2.74. The van der Waals surface area contributed by atoms with Crippen LogP contribution in [0.25, 0.3) is 0 Å². The van der Waals surface area contributed by atoms with Gasteiger partial charge in [0.2, 0.25) is 0 Å². The van der Waals surface area contributed by atoms with Crippen molar-refractivity contribution < 1.29 is 22.0 Å². The van der Waals surface area contributed by atoms with Crippen molar-refractivity contribution >= 4 is 21.4 Å². The van der Waals surface area contributed by atoms with Crippen LogP contribution in [-0.2, 0) is 9.84 Å². The summed E-state index contributed by atoms with van der Waals surface area (Å²) in [6.07, 6.45) is 1.06. The molecule has 1 fully saturated rings. The van der Waals surface area contributed by atoms with Crippen molar-refractivity contribution in [2.75, 3.05) is 24.7 Å². The SMILES string of the molecule is CNc1c(F)cc(C(=O)NCC2CCCS2(=O)=O)cc1F. The number of sulfone groups is 1. The first-order chi connectivity index (χ1) is 9.85. The number of hydrogen-bond donors (Lipinski definition) is 2. The molecule has 1 amide bonds. The summed E-state index contributed by atoms with van der Waals surface area (Å²) in [5.74, 6) is -2.34. The molecule has 1 aromatic carbocycles. The highest BCUT2D eigenvalue weighted by atomic mass is 32.2. The number of rotatable bonds is 4. The van der Waals surface area contributed by atoms with Gasteiger partial charge in [-0.3, -0.25) is 4.79 Å². The highest BCUT2D eigenvalue weighted by Gasteiger charge is 2.31. The van der Waals surface area contributed by atoms with E-state index >= 15 is 0 Å². The number of nitrogens with one attached hydrogen (secondary N) is 2. The van der Waals surface area contributed by atoms with E-state index in [0.29, 0.717) is 12.8 Å². The molecule has 1 aromatic rings. The van der Waals surface area contributed by atoms with Crippen LogP contribution >= 0.6 is 0 Å². The number of halogens is 2. The predicted octanol–water partition coefficient (Wildman–Crippen LogP) is 1.31. The van der Waals surface area contributed by atoms with Crippen molar-refractivity contribution in [3.05, 3.63) is 29.3 Å². The van der Waals surface area contributed by atoms with Gasteiger partial charge in [-0.05, 0) is 25.0 Å². The molecule has 0 aromatic heterocycles. The van der Waals surface area contributed by atoms with Crippen molar-refractivity contribution in [3.8, 4) is 0 Å². The number of anilines is 1. The summed E-state index contributed by atoms with van der Waals surface area (Å²) < 4.78 is 50.4. The molecule has 0 bridgehead atoms. The molecule has 8 heteroatoms. The second kappa shape index (κ2) is 5.97. The number of hydrogen-bond acceptors (Lipinski definition) is 4. The molecule has 21 heavy (non-hydrogen) atoms. The van der Waals surface area contributed by atoms with Crippen molar-refractivity contribution in [3.63, 3.8) is 0 Å². The molecule has 1 heterocycles. The quantitative estimate of drug-likeness (QED) is 0.878. The van der Waals surface area contributed by atoms with Crippen molar-refractivity contribution in [2.24, 2.45) is 0 Å². The second-order valence-corrected chi connectivity index (χ2v) is 7.31. The van der Waals surface area contributed by atoms with Gasteiger partial charge in [0.05, 0.1) is 11.0 Å². The molecule has 2 N–H and O–H groups in total. The standard InChI is InChI=1S/C13H16F2N2O3S/c1-16-12-10(14)5-8(6-11(12)15)13(18)17-7-9-3-2-4-21(9,19)20/h5-6,9,16H,2-4,7H2,1H3,(H,17,18). The summed E-state index contributed by atoms with van der Waals surface area (Å²) in [6.45, 7) is -0.0435. The Balaban J connectivity index is 2.07. The first kappa shape index (κ1) is 15.7. The Hall–Kier alpha value is -1.70. The van der Waals surface area contributed by atoms with Crippen LogP contribution in [0.3, 0.4) is 0 Å². The Morgan fingerprint density at radius 3 is 2.43 bits per heavy atom. The second-order valence-electron chi connectivity index (χ2n) is 4.91. The van der Waals surface area contributed by atoms with E-state index in [1.54, 1.807) is 0 Å². The van der Waals surface area contributed by atoms with Gasteiger partial charge in [-0.15, -0.1) is 0 Å². The Labute approximate surface area is 121 Å². The van der Waals surface area contributed by atoms with E-state index in [1.165, 1.54) is 7.05 Å². The fourth-order valence-electron chi connectivity index (χ4n) is 2.34. The van der Waals surface area contributed by atoms with E-state index < -0.39 is 32.6 Å². The minimum Gasteiger partial charge on any atom is -0.383 e. The van der Waals surface area contributed by atoms with Crippen LogP contribution in [0, 0.1) is 11.6 Å². The molecule has 2 rings (SSSR count). The zero-order chi connectivity index (χ0) is 15.6. The number of carbonyl (C=O) groups is 1. The van der Waals surface area contributed by atoms with Crippen LogP contribution in [-0.4, -0.2) is 38.9 Å². The summed E-state index contributed by atoms with van der Waals surface area (Å²) in [5.41, 5.74) is -0.496. The van der Waals surface area contributed by atoms with Gasteiger partial charge in [0.25, 0.3) is 5.91 Å². The summed E-state index contributed by atoms with van der Waals surface area (Å²) in [6, 6.07) is 1.82. The number of benzene rings is 1. The van der Waals surface area contributed by atoms with Crippen molar-refractivity contribution in [1.29, 1.82) is 0 Å². The number of amides is 1. The predicted molar refractivity (Wildman–Crippen MR) is 75.0 cm³/mol. The molecule has 116 valence electrons. The van der Waals surface area contributed by atoms with Gasteiger partial charge >= 0.3 is 0 Å². The maximum absolute atomic E-state index is 13.6.